The number of benzene rings is 3. The van der Waals surface area contributed by atoms with Crippen LogP contribution in [0.2, 0.25) is 0 Å². The van der Waals surface area contributed by atoms with Crippen molar-refractivity contribution in [2.75, 3.05) is 10.6 Å². The normalized spacial score (nSPS) is 11.4. The second-order valence-electron chi connectivity index (χ2n) is 6.59. The van der Waals surface area contributed by atoms with Crippen LogP contribution in [0.4, 0.5) is 15.8 Å². The minimum atomic E-state index is -1.18. The zero-order valence-corrected chi connectivity index (χ0v) is 17.3. The molecule has 1 atom stereocenters. The fourth-order valence-electron chi connectivity index (χ4n) is 2.72. The van der Waals surface area contributed by atoms with Crippen LogP contribution >= 0.6 is 11.8 Å². The Balaban J connectivity index is 1.60. The molecule has 2 amide bonds. The average molecular weight is 438 g/mol. The Morgan fingerprint density at radius 1 is 0.839 bits per heavy atom. The Morgan fingerprint density at radius 2 is 1.39 bits per heavy atom. The average Bonchev–Trinajstić information content (AvgIpc) is 2.76. The highest BCUT2D eigenvalue weighted by Gasteiger charge is 2.17. The molecule has 8 heteroatoms. The lowest BCUT2D eigenvalue weighted by Crippen LogP contribution is -2.22. The van der Waals surface area contributed by atoms with Crippen LogP contribution in [-0.4, -0.2) is 28.1 Å². The summed E-state index contributed by atoms with van der Waals surface area (Å²) in [6.07, 6.45) is 0. The Hall–Kier alpha value is -3.65. The van der Waals surface area contributed by atoms with Gasteiger partial charge in [-0.05, 0) is 67.6 Å². The van der Waals surface area contributed by atoms with E-state index in [2.05, 4.69) is 10.6 Å². The number of carbonyl (C=O) groups is 3. The third-order valence-electron chi connectivity index (χ3n) is 4.31. The number of rotatable bonds is 7. The Morgan fingerprint density at radius 3 is 2.00 bits per heavy atom. The molecular weight excluding hydrogens is 419 g/mol. The van der Waals surface area contributed by atoms with Crippen LogP contribution < -0.4 is 10.6 Å². The molecule has 3 aromatic rings. The summed E-state index contributed by atoms with van der Waals surface area (Å²) in [6, 6.07) is 18.4. The van der Waals surface area contributed by atoms with E-state index in [4.69, 9.17) is 0 Å². The van der Waals surface area contributed by atoms with Crippen molar-refractivity contribution in [1.82, 2.24) is 0 Å². The molecule has 0 bridgehead atoms. The van der Waals surface area contributed by atoms with Gasteiger partial charge in [-0.25, -0.2) is 9.18 Å². The predicted molar refractivity (Wildman–Crippen MR) is 118 cm³/mol. The van der Waals surface area contributed by atoms with Gasteiger partial charge in [0.05, 0.1) is 16.4 Å². The van der Waals surface area contributed by atoms with E-state index < -0.39 is 17.1 Å². The fourth-order valence-corrected chi connectivity index (χ4v) is 3.59. The summed E-state index contributed by atoms with van der Waals surface area (Å²) in [4.78, 5) is 36.8. The molecule has 3 N–H and O–H groups in total. The number of nitrogens with one attached hydrogen (secondary N) is 2. The van der Waals surface area contributed by atoms with Gasteiger partial charge in [0.15, 0.2) is 0 Å². The molecule has 0 radical (unpaired) electrons. The van der Waals surface area contributed by atoms with Crippen molar-refractivity contribution in [2.45, 2.75) is 17.1 Å². The molecule has 3 aromatic carbocycles. The monoisotopic (exact) mass is 438 g/mol. The number of hydrogen-bond donors (Lipinski definition) is 3. The third kappa shape index (κ3) is 5.93. The molecule has 0 aromatic heterocycles. The van der Waals surface area contributed by atoms with Crippen LogP contribution in [0.25, 0.3) is 0 Å². The SMILES string of the molecule is CC(Sc1ccc(NC(=O)c2ccccc2C(=O)O)cc1)C(=O)Nc1ccc(F)cc1. The predicted octanol–water partition coefficient (Wildman–Crippen LogP) is 4.90. The van der Waals surface area contributed by atoms with Crippen LogP contribution in [0.5, 0.6) is 0 Å². The first kappa shape index (κ1) is 22.0. The maximum absolute atomic E-state index is 13.0. The van der Waals surface area contributed by atoms with E-state index in [1.807, 2.05) is 0 Å². The fraction of sp³-hybridized carbons (Fsp3) is 0.0870. The van der Waals surface area contributed by atoms with Crippen LogP contribution in [0, 0.1) is 5.82 Å². The van der Waals surface area contributed by atoms with Gasteiger partial charge < -0.3 is 15.7 Å². The summed E-state index contributed by atoms with van der Waals surface area (Å²) in [7, 11) is 0. The lowest BCUT2D eigenvalue weighted by atomic mass is 10.1. The molecular formula is C23H19FN2O4S. The highest BCUT2D eigenvalue weighted by molar-refractivity contribution is 8.00. The molecule has 0 heterocycles. The van der Waals surface area contributed by atoms with Gasteiger partial charge in [0.1, 0.15) is 5.82 Å². The zero-order valence-electron chi connectivity index (χ0n) is 16.5. The van der Waals surface area contributed by atoms with Gasteiger partial charge in [-0.3, -0.25) is 9.59 Å². The largest absolute Gasteiger partial charge is 0.478 e. The van der Waals surface area contributed by atoms with E-state index in [0.717, 1.165) is 4.90 Å². The summed E-state index contributed by atoms with van der Waals surface area (Å²) >= 11 is 1.33. The number of hydrogen-bond acceptors (Lipinski definition) is 4. The van der Waals surface area contributed by atoms with E-state index in [9.17, 15) is 23.9 Å². The maximum atomic E-state index is 13.0. The van der Waals surface area contributed by atoms with Gasteiger partial charge in [-0.15, -0.1) is 11.8 Å². The summed E-state index contributed by atoms with van der Waals surface area (Å²) in [6.45, 7) is 1.75. The van der Waals surface area contributed by atoms with E-state index in [1.54, 1.807) is 43.3 Å². The van der Waals surface area contributed by atoms with E-state index >= 15 is 0 Å². The van der Waals surface area contributed by atoms with Crippen molar-refractivity contribution >= 4 is 40.9 Å². The number of aromatic carboxylic acids is 1. The van der Waals surface area contributed by atoms with Crippen LogP contribution in [-0.2, 0) is 4.79 Å². The number of carbonyl (C=O) groups excluding carboxylic acids is 2. The molecule has 0 aliphatic rings. The molecule has 6 nitrogen and oxygen atoms in total. The van der Waals surface area contributed by atoms with Gasteiger partial charge in [-0.1, -0.05) is 12.1 Å². The molecule has 1 unspecified atom stereocenters. The highest BCUT2D eigenvalue weighted by Crippen LogP contribution is 2.26. The molecule has 0 spiro atoms. The quantitative estimate of drug-likeness (QED) is 0.456. The molecule has 3 rings (SSSR count). The maximum Gasteiger partial charge on any atom is 0.336 e. The van der Waals surface area contributed by atoms with Crippen LogP contribution in [0.15, 0.2) is 77.7 Å². The Kier molecular flexibility index (Phi) is 7.04. The number of amides is 2. The molecule has 0 fully saturated rings. The van der Waals surface area contributed by atoms with Crippen molar-refractivity contribution in [2.24, 2.45) is 0 Å². The lowest BCUT2D eigenvalue weighted by Gasteiger charge is -2.13. The molecule has 158 valence electrons. The number of anilines is 2. The Labute approximate surface area is 182 Å². The smallest absolute Gasteiger partial charge is 0.336 e. The topological polar surface area (TPSA) is 95.5 Å². The van der Waals surface area contributed by atoms with Crippen LogP contribution in [0.1, 0.15) is 27.6 Å². The second-order valence-corrected chi connectivity index (χ2v) is 8.00. The summed E-state index contributed by atoms with van der Waals surface area (Å²) in [5.74, 6) is -2.30. The second kappa shape index (κ2) is 9.90. The zero-order chi connectivity index (χ0) is 22.4. The van der Waals surface area contributed by atoms with E-state index in [-0.39, 0.29) is 22.9 Å². The summed E-state index contributed by atoms with van der Waals surface area (Å²) < 4.78 is 13.0. The van der Waals surface area contributed by atoms with Crippen molar-refractivity contribution < 1.29 is 23.9 Å². The number of thioether (sulfide) groups is 1. The lowest BCUT2D eigenvalue weighted by molar-refractivity contribution is -0.115. The van der Waals surface area contributed by atoms with Crippen molar-refractivity contribution in [3.8, 4) is 0 Å². The standard InChI is InChI=1S/C23H19FN2O4S/c1-14(21(27)25-16-8-6-15(24)7-9-16)31-18-12-10-17(11-13-18)26-22(28)19-4-2-3-5-20(19)23(29)30/h2-14H,1H3,(H,25,27)(H,26,28)(H,29,30). The molecule has 0 aliphatic carbocycles. The van der Waals surface area contributed by atoms with Crippen molar-refractivity contribution in [3.63, 3.8) is 0 Å². The summed E-state index contributed by atoms with van der Waals surface area (Å²) in [5, 5.41) is 14.2. The Bertz CT molecular complexity index is 1100. The number of carboxylic acids is 1. The molecule has 31 heavy (non-hydrogen) atoms. The van der Waals surface area contributed by atoms with Gasteiger partial charge in [0, 0.05) is 16.3 Å². The minimum Gasteiger partial charge on any atom is -0.478 e. The molecule has 0 saturated carbocycles. The highest BCUT2D eigenvalue weighted by atomic mass is 32.2. The first-order valence-electron chi connectivity index (χ1n) is 9.30. The third-order valence-corrected chi connectivity index (χ3v) is 5.42. The van der Waals surface area contributed by atoms with Gasteiger partial charge >= 0.3 is 5.97 Å². The first-order chi connectivity index (χ1) is 14.8. The molecule has 0 aliphatic heterocycles. The van der Waals surface area contributed by atoms with Gasteiger partial charge in [-0.2, -0.15) is 0 Å². The molecule has 0 saturated heterocycles. The first-order valence-corrected chi connectivity index (χ1v) is 10.2. The van der Waals surface area contributed by atoms with Gasteiger partial charge in [0.25, 0.3) is 5.91 Å². The van der Waals surface area contributed by atoms with Crippen LogP contribution in [0.3, 0.4) is 0 Å². The number of halogens is 1. The number of carboxylic acid groups (broad SMARTS) is 1. The minimum absolute atomic E-state index is 0.0690. The van der Waals surface area contributed by atoms with E-state index in [0.29, 0.717) is 11.4 Å². The summed E-state index contributed by atoms with van der Waals surface area (Å²) in [5.41, 5.74) is 1.00. The van der Waals surface area contributed by atoms with Crippen molar-refractivity contribution in [1.29, 1.82) is 0 Å². The van der Waals surface area contributed by atoms with Crippen molar-refractivity contribution in [3.05, 3.63) is 89.7 Å². The van der Waals surface area contributed by atoms with Gasteiger partial charge in [0.2, 0.25) is 5.91 Å². The van der Waals surface area contributed by atoms with E-state index in [1.165, 1.54) is 48.2 Å².